The molecule has 3 rings (SSSR count). The lowest BCUT2D eigenvalue weighted by atomic mass is 9.98. The van der Waals surface area contributed by atoms with Gasteiger partial charge in [0.25, 0.3) is 5.91 Å². The molecule has 27 heavy (non-hydrogen) atoms. The first-order valence-electron chi connectivity index (χ1n) is 9.23. The standard InChI is InChI=1S/C20H25ClN4O2/c1-14-6-7-16(13-22-14)24-19-18(21)11-15(12-23-19)20(26)25-9-4-3-5-17(25)8-10-27-2/h6-7,11-13,17H,3-5,8-10H2,1-2H3,(H,23,24). The summed E-state index contributed by atoms with van der Waals surface area (Å²) in [5.41, 5.74) is 2.24. The summed E-state index contributed by atoms with van der Waals surface area (Å²) in [4.78, 5) is 23.5. The van der Waals surface area contributed by atoms with E-state index < -0.39 is 0 Å². The number of anilines is 2. The largest absolute Gasteiger partial charge is 0.385 e. The van der Waals surface area contributed by atoms with Gasteiger partial charge in [-0.2, -0.15) is 0 Å². The fourth-order valence-corrected chi connectivity index (χ4v) is 3.53. The Balaban J connectivity index is 1.73. The maximum absolute atomic E-state index is 13.0. The number of aryl methyl sites for hydroxylation is 1. The molecular weight excluding hydrogens is 364 g/mol. The van der Waals surface area contributed by atoms with Gasteiger partial charge in [-0.1, -0.05) is 11.6 Å². The Bertz CT molecular complexity index is 782. The summed E-state index contributed by atoms with van der Waals surface area (Å²) < 4.78 is 5.19. The van der Waals surface area contributed by atoms with E-state index in [1.165, 1.54) is 0 Å². The molecule has 1 unspecified atom stereocenters. The van der Waals surface area contributed by atoms with Crippen LogP contribution in [0.2, 0.25) is 5.02 Å². The molecule has 0 saturated carbocycles. The zero-order valence-corrected chi connectivity index (χ0v) is 16.5. The second-order valence-corrected chi connectivity index (χ2v) is 7.20. The Kier molecular flexibility index (Phi) is 6.63. The van der Waals surface area contributed by atoms with E-state index in [4.69, 9.17) is 16.3 Å². The summed E-state index contributed by atoms with van der Waals surface area (Å²) in [6.07, 6.45) is 7.33. The first-order valence-corrected chi connectivity index (χ1v) is 9.61. The molecule has 2 aromatic heterocycles. The quantitative estimate of drug-likeness (QED) is 0.802. The average molecular weight is 389 g/mol. The first-order chi connectivity index (χ1) is 13.1. The molecule has 0 bridgehead atoms. The Morgan fingerprint density at radius 1 is 1.33 bits per heavy atom. The summed E-state index contributed by atoms with van der Waals surface area (Å²) in [6, 6.07) is 5.71. The van der Waals surface area contributed by atoms with Crippen molar-refractivity contribution >= 4 is 29.0 Å². The number of likely N-dealkylation sites (tertiary alicyclic amines) is 1. The van der Waals surface area contributed by atoms with E-state index in [-0.39, 0.29) is 11.9 Å². The lowest BCUT2D eigenvalue weighted by Gasteiger charge is -2.35. The minimum absolute atomic E-state index is 0.0197. The highest BCUT2D eigenvalue weighted by Gasteiger charge is 2.27. The number of halogens is 1. The Morgan fingerprint density at radius 3 is 2.89 bits per heavy atom. The van der Waals surface area contributed by atoms with Crippen LogP contribution in [0.25, 0.3) is 0 Å². The number of carbonyl (C=O) groups excluding carboxylic acids is 1. The van der Waals surface area contributed by atoms with Gasteiger partial charge in [0.1, 0.15) is 5.82 Å². The highest BCUT2D eigenvalue weighted by Crippen LogP contribution is 2.26. The molecule has 1 saturated heterocycles. The summed E-state index contributed by atoms with van der Waals surface area (Å²) in [5, 5.41) is 3.54. The molecule has 7 heteroatoms. The Labute approximate surface area is 164 Å². The van der Waals surface area contributed by atoms with Gasteiger partial charge in [0.05, 0.1) is 22.5 Å². The van der Waals surface area contributed by atoms with Gasteiger partial charge in [-0.05, 0) is 50.8 Å². The van der Waals surface area contributed by atoms with Crippen molar-refractivity contribution in [1.29, 1.82) is 0 Å². The normalized spacial score (nSPS) is 17.0. The molecule has 0 aromatic carbocycles. The summed E-state index contributed by atoms with van der Waals surface area (Å²) in [7, 11) is 1.69. The van der Waals surface area contributed by atoms with Crippen molar-refractivity contribution in [3.8, 4) is 0 Å². The molecule has 1 fully saturated rings. The van der Waals surface area contributed by atoms with Crippen molar-refractivity contribution in [2.24, 2.45) is 0 Å². The predicted octanol–water partition coefficient (Wildman–Crippen LogP) is 4.21. The maximum atomic E-state index is 13.0. The van der Waals surface area contributed by atoms with Gasteiger partial charge in [0.2, 0.25) is 0 Å². The molecule has 144 valence electrons. The van der Waals surface area contributed by atoms with Gasteiger partial charge in [-0.25, -0.2) is 4.98 Å². The monoisotopic (exact) mass is 388 g/mol. The molecule has 1 atom stereocenters. The van der Waals surface area contributed by atoms with Crippen LogP contribution in [-0.4, -0.2) is 47.1 Å². The lowest BCUT2D eigenvalue weighted by Crippen LogP contribution is -2.44. The third-order valence-electron chi connectivity index (χ3n) is 4.81. The van der Waals surface area contributed by atoms with E-state index in [1.54, 1.807) is 25.6 Å². The second-order valence-electron chi connectivity index (χ2n) is 6.80. The number of hydrogen-bond donors (Lipinski definition) is 1. The topological polar surface area (TPSA) is 67.3 Å². The van der Waals surface area contributed by atoms with Crippen LogP contribution in [0.1, 0.15) is 41.7 Å². The third-order valence-corrected chi connectivity index (χ3v) is 5.09. The van der Waals surface area contributed by atoms with Crippen LogP contribution < -0.4 is 5.32 Å². The van der Waals surface area contributed by atoms with E-state index in [2.05, 4.69) is 15.3 Å². The van der Waals surface area contributed by atoms with Crippen LogP contribution in [0.4, 0.5) is 11.5 Å². The average Bonchev–Trinajstić information content (AvgIpc) is 2.69. The zero-order valence-electron chi connectivity index (χ0n) is 15.7. The van der Waals surface area contributed by atoms with Crippen LogP contribution in [0.5, 0.6) is 0 Å². The highest BCUT2D eigenvalue weighted by molar-refractivity contribution is 6.33. The Morgan fingerprint density at radius 2 is 2.19 bits per heavy atom. The van der Waals surface area contributed by atoms with Crippen LogP contribution >= 0.6 is 11.6 Å². The number of nitrogens with zero attached hydrogens (tertiary/aromatic N) is 3. The summed E-state index contributed by atoms with van der Waals surface area (Å²) in [5.74, 6) is 0.488. The highest BCUT2D eigenvalue weighted by atomic mass is 35.5. The lowest BCUT2D eigenvalue weighted by molar-refractivity contribution is 0.0553. The molecule has 0 radical (unpaired) electrons. The van der Waals surface area contributed by atoms with Crippen molar-refractivity contribution in [2.75, 3.05) is 25.6 Å². The third kappa shape index (κ3) is 4.96. The van der Waals surface area contributed by atoms with Gasteiger partial charge in [-0.15, -0.1) is 0 Å². The molecule has 3 heterocycles. The smallest absolute Gasteiger partial charge is 0.255 e. The maximum Gasteiger partial charge on any atom is 0.255 e. The van der Waals surface area contributed by atoms with Crippen molar-refractivity contribution in [3.63, 3.8) is 0 Å². The van der Waals surface area contributed by atoms with Crippen LogP contribution in [-0.2, 0) is 4.74 Å². The summed E-state index contributed by atoms with van der Waals surface area (Å²) in [6.45, 7) is 3.34. The molecule has 1 aliphatic rings. The fourth-order valence-electron chi connectivity index (χ4n) is 3.31. The van der Waals surface area contributed by atoms with Crippen molar-refractivity contribution in [1.82, 2.24) is 14.9 Å². The number of amides is 1. The number of carbonyl (C=O) groups is 1. The molecule has 6 nitrogen and oxygen atoms in total. The van der Waals surface area contributed by atoms with Crippen molar-refractivity contribution < 1.29 is 9.53 Å². The number of methoxy groups -OCH3 is 1. The number of pyridine rings is 2. The van der Waals surface area contributed by atoms with Crippen molar-refractivity contribution in [3.05, 3.63) is 46.9 Å². The van der Waals surface area contributed by atoms with Crippen LogP contribution in [0.3, 0.4) is 0 Å². The predicted molar refractivity (Wildman–Crippen MR) is 107 cm³/mol. The molecule has 1 amide bonds. The van der Waals surface area contributed by atoms with E-state index >= 15 is 0 Å². The fraction of sp³-hybridized carbons (Fsp3) is 0.450. The van der Waals surface area contributed by atoms with Gasteiger partial charge < -0.3 is 15.0 Å². The van der Waals surface area contributed by atoms with Crippen molar-refractivity contribution in [2.45, 2.75) is 38.6 Å². The molecule has 1 aliphatic heterocycles. The molecule has 0 spiro atoms. The SMILES string of the molecule is COCCC1CCCCN1C(=O)c1cnc(Nc2ccc(C)nc2)c(Cl)c1. The Hall–Kier alpha value is -2.18. The minimum Gasteiger partial charge on any atom is -0.385 e. The molecule has 0 aliphatic carbocycles. The number of piperidine rings is 1. The first kappa shape index (κ1) is 19.6. The molecular formula is C20H25ClN4O2. The van der Waals surface area contributed by atoms with Crippen LogP contribution in [0.15, 0.2) is 30.6 Å². The number of hydrogen-bond acceptors (Lipinski definition) is 5. The molecule has 1 N–H and O–H groups in total. The van der Waals surface area contributed by atoms with Gasteiger partial charge in [0.15, 0.2) is 0 Å². The van der Waals surface area contributed by atoms with E-state index in [0.29, 0.717) is 23.0 Å². The molecule has 2 aromatic rings. The van der Waals surface area contributed by atoms with E-state index in [9.17, 15) is 4.79 Å². The summed E-state index contributed by atoms with van der Waals surface area (Å²) >= 11 is 6.38. The van der Waals surface area contributed by atoms with E-state index in [1.807, 2.05) is 24.0 Å². The number of aromatic nitrogens is 2. The van der Waals surface area contributed by atoms with E-state index in [0.717, 1.165) is 43.6 Å². The zero-order chi connectivity index (χ0) is 19.2. The second kappa shape index (κ2) is 9.15. The number of rotatable bonds is 6. The van der Waals surface area contributed by atoms with Gasteiger partial charge >= 0.3 is 0 Å². The van der Waals surface area contributed by atoms with Gasteiger partial charge in [0, 0.05) is 38.2 Å². The minimum atomic E-state index is -0.0197. The number of nitrogens with one attached hydrogen (secondary N) is 1. The number of ether oxygens (including phenoxy) is 1. The van der Waals surface area contributed by atoms with Crippen LogP contribution in [0, 0.1) is 6.92 Å². The van der Waals surface area contributed by atoms with Gasteiger partial charge in [-0.3, -0.25) is 9.78 Å².